The quantitative estimate of drug-likeness (QED) is 0.766. The van der Waals surface area contributed by atoms with Gasteiger partial charge in [0.1, 0.15) is 0 Å². The summed E-state index contributed by atoms with van der Waals surface area (Å²) in [4.78, 5) is 26.6. The van der Waals surface area contributed by atoms with Crippen molar-refractivity contribution >= 4 is 23.4 Å². The van der Waals surface area contributed by atoms with Gasteiger partial charge >= 0.3 is 12.3 Å². The third kappa shape index (κ3) is 4.56. The Hall–Kier alpha value is -3.08. The van der Waals surface area contributed by atoms with Crippen LogP contribution in [-0.2, 0) is 11.3 Å². The smallest absolute Gasteiger partial charge is 0.411 e. The minimum Gasteiger partial charge on any atom is -0.465 e. The van der Waals surface area contributed by atoms with Crippen LogP contribution in [0.15, 0.2) is 30.6 Å². The number of aromatic nitrogens is 2. The van der Waals surface area contributed by atoms with Gasteiger partial charge in [0.15, 0.2) is 0 Å². The van der Waals surface area contributed by atoms with E-state index in [0.717, 1.165) is 4.90 Å². The summed E-state index contributed by atoms with van der Waals surface area (Å²) in [7, 11) is 0. The van der Waals surface area contributed by atoms with Crippen LogP contribution < -0.4 is 9.80 Å². The SMILES string of the molecule is C[C@H]1CN(C(=O)O)c2cc(-c3cnn(CCO)c3)ccc2N1C(=O)CCC(F)(F)F. The molecule has 0 radical (unpaired) electrons. The second-order valence-corrected chi connectivity index (χ2v) is 7.04. The van der Waals surface area contributed by atoms with Crippen molar-refractivity contribution in [2.45, 2.75) is 38.5 Å². The largest absolute Gasteiger partial charge is 0.465 e. The van der Waals surface area contributed by atoms with Crippen LogP contribution in [0.4, 0.5) is 29.3 Å². The molecule has 2 aromatic rings. The van der Waals surface area contributed by atoms with Crippen molar-refractivity contribution in [2.75, 3.05) is 23.0 Å². The summed E-state index contributed by atoms with van der Waals surface area (Å²) in [5.74, 6) is -0.713. The maximum absolute atomic E-state index is 12.6. The average molecular weight is 426 g/mol. The number of nitrogens with zero attached hydrogens (tertiary/aromatic N) is 4. The van der Waals surface area contributed by atoms with Crippen LogP contribution in [0.3, 0.4) is 0 Å². The molecule has 2 N–H and O–H groups in total. The van der Waals surface area contributed by atoms with Crippen LogP contribution in [0.25, 0.3) is 11.1 Å². The van der Waals surface area contributed by atoms with Gasteiger partial charge in [-0.05, 0) is 24.6 Å². The molecule has 0 bridgehead atoms. The van der Waals surface area contributed by atoms with E-state index in [1.807, 2.05) is 0 Å². The maximum atomic E-state index is 12.6. The Bertz CT molecular complexity index is 944. The lowest BCUT2D eigenvalue weighted by atomic mass is 10.0. The number of aliphatic hydroxyl groups excluding tert-OH is 1. The summed E-state index contributed by atoms with van der Waals surface area (Å²) in [6, 6.07) is 4.14. The predicted molar refractivity (Wildman–Crippen MR) is 102 cm³/mol. The van der Waals surface area contributed by atoms with Crippen LogP contribution in [0.1, 0.15) is 19.8 Å². The summed E-state index contributed by atoms with van der Waals surface area (Å²) >= 11 is 0. The van der Waals surface area contributed by atoms with Crippen LogP contribution in [0.2, 0.25) is 0 Å². The molecule has 2 amide bonds. The van der Waals surface area contributed by atoms with E-state index in [2.05, 4.69) is 5.10 Å². The highest BCUT2D eigenvalue weighted by atomic mass is 19.4. The van der Waals surface area contributed by atoms with E-state index < -0.39 is 37.1 Å². The van der Waals surface area contributed by atoms with Crippen molar-refractivity contribution in [2.24, 2.45) is 0 Å². The molecule has 1 aromatic carbocycles. The molecule has 2 heterocycles. The minimum atomic E-state index is -4.46. The highest BCUT2D eigenvalue weighted by Gasteiger charge is 2.37. The molecule has 0 aliphatic carbocycles. The van der Waals surface area contributed by atoms with Gasteiger partial charge in [-0.3, -0.25) is 14.4 Å². The number of carboxylic acid groups (broad SMARTS) is 1. The van der Waals surface area contributed by atoms with E-state index in [1.165, 1.54) is 15.6 Å². The zero-order valence-electron chi connectivity index (χ0n) is 16.1. The first-order valence-electron chi connectivity index (χ1n) is 9.27. The molecule has 0 unspecified atom stereocenters. The maximum Gasteiger partial charge on any atom is 0.411 e. The summed E-state index contributed by atoms with van der Waals surface area (Å²) in [6.07, 6.45) is -4.39. The van der Waals surface area contributed by atoms with E-state index in [4.69, 9.17) is 5.11 Å². The van der Waals surface area contributed by atoms with Gasteiger partial charge in [-0.1, -0.05) is 6.07 Å². The fraction of sp³-hybridized carbons (Fsp3) is 0.421. The minimum absolute atomic E-state index is 0.0622. The lowest BCUT2D eigenvalue weighted by Crippen LogP contribution is -2.51. The second-order valence-electron chi connectivity index (χ2n) is 7.04. The van der Waals surface area contributed by atoms with E-state index in [-0.39, 0.29) is 24.5 Å². The van der Waals surface area contributed by atoms with E-state index in [1.54, 1.807) is 31.5 Å². The van der Waals surface area contributed by atoms with Crippen molar-refractivity contribution in [1.29, 1.82) is 0 Å². The van der Waals surface area contributed by atoms with Crippen LogP contribution in [-0.4, -0.2) is 57.4 Å². The van der Waals surface area contributed by atoms with Gasteiger partial charge in [0.2, 0.25) is 5.91 Å². The topological polar surface area (TPSA) is 98.9 Å². The molecule has 1 aliphatic rings. The fourth-order valence-corrected chi connectivity index (χ4v) is 3.47. The van der Waals surface area contributed by atoms with Crippen LogP contribution in [0, 0.1) is 0 Å². The number of hydrogen-bond donors (Lipinski definition) is 2. The summed E-state index contributed by atoms with van der Waals surface area (Å²) in [5, 5.41) is 22.7. The molecule has 162 valence electrons. The normalized spacial score (nSPS) is 16.5. The lowest BCUT2D eigenvalue weighted by Gasteiger charge is -2.40. The first-order valence-corrected chi connectivity index (χ1v) is 9.27. The first-order chi connectivity index (χ1) is 14.1. The Labute approximate surface area is 170 Å². The molecule has 0 saturated heterocycles. The molecular formula is C19H21F3N4O4. The molecule has 0 fully saturated rings. The Balaban J connectivity index is 1.98. The Morgan fingerprint density at radius 2 is 1.97 bits per heavy atom. The lowest BCUT2D eigenvalue weighted by molar-refractivity contribution is -0.143. The Morgan fingerprint density at radius 3 is 2.60 bits per heavy atom. The molecule has 0 spiro atoms. The van der Waals surface area contributed by atoms with Gasteiger partial charge in [-0.15, -0.1) is 0 Å². The van der Waals surface area contributed by atoms with Crippen molar-refractivity contribution in [1.82, 2.24) is 9.78 Å². The molecule has 0 saturated carbocycles. The fourth-order valence-electron chi connectivity index (χ4n) is 3.47. The molecule has 8 nitrogen and oxygen atoms in total. The van der Waals surface area contributed by atoms with E-state index >= 15 is 0 Å². The van der Waals surface area contributed by atoms with Gasteiger partial charge in [0.25, 0.3) is 0 Å². The highest BCUT2D eigenvalue weighted by Crippen LogP contribution is 2.39. The number of anilines is 2. The molecule has 1 aromatic heterocycles. The number of fused-ring (bicyclic) bond motifs is 1. The summed E-state index contributed by atoms with van der Waals surface area (Å²) < 4.78 is 39.2. The predicted octanol–water partition coefficient (Wildman–Crippen LogP) is 3.10. The number of rotatable bonds is 5. The van der Waals surface area contributed by atoms with Gasteiger partial charge in [-0.2, -0.15) is 18.3 Å². The molecule has 11 heteroatoms. The number of alkyl halides is 3. The number of halogens is 3. The summed E-state index contributed by atoms with van der Waals surface area (Å²) in [6.45, 7) is 1.74. The van der Waals surface area contributed by atoms with Crippen LogP contribution in [0.5, 0.6) is 0 Å². The zero-order chi connectivity index (χ0) is 22.1. The second kappa shape index (κ2) is 8.34. The number of amides is 2. The number of hydrogen-bond acceptors (Lipinski definition) is 4. The van der Waals surface area contributed by atoms with Gasteiger partial charge in [-0.25, -0.2) is 4.79 Å². The molecule has 1 aliphatic heterocycles. The summed E-state index contributed by atoms with van der Waals surface area (Å²) in [5.41, 5.74) is 1.76. The van der Waals surface area contributed by atoms with Crippen molar-refractivity contribution in [3.8, 4) is 11.1 Å². The first kappa shape index (κ1) is 21.6. The Morgan fingerprint density at radius 1 is 1.23 bits per heavy atom. The number of carbonyl (C=O) groups is 2. The molecular weight excluding hydrogens is 405 g/mol. The van der Waals surface area contributed by atoms with Crippen LogP contribution >= 0.6 is 0 Å². The Kier molecular flexibility index (Phi) is 6.01. The van der Waals surface area contributed by atoms with Gasteiger partial charge < -0.3 is 15.1 Å². The molecule has 30 heavy (non-hydrogen) atoms. The number of aliphatic hydroxyl groups is 1. The average Bonchev–Trinajstić information content (AvgIpc) is 3.13. The highest BCUT2D eigenvalue weighted by molar-refractivity contribution is 6.03. The van der Waals surface area contributed by atoms with E-state index in [9.17, 15) is 27.9 Å². The van der Waals surface area contributed by atoms with Gasteiger partial charge in [0.05, 0.1) is 43.2 Å². The van der Waals surface area contributed by atoms with E-state index in [0.29, 0.717) is 17.7 Å². The standard InChI is InChI=1S/C19H21F3N4O4/c1-12-10-25(18(29)30)16-8-13(14-9-23-24(11-14)6-7-27)2-3-15(16)26(12)17(28)4-5-19(20,21)22/h2-3,8-9,11-12,27H,4-7,10H2,1H3,(H,29,30)/t12-/m0/s1. The van der Waals surface area contributed by atoms with Crippen molar-refractivity contribution in [3.63, 3.8) is 0 Å². The van der Waals surface area contributed by atoms with Gasteiger partial charge in [0, 0.05) is 24.7 Å². The van der Waals surface area contributed by atoms with Crippen molar-refractivity contribution in [3.05, 3.63) is 30.6 Å². The van der Waals surface area contributed by atoms with Crippen molar-refractivity contribution < 1.29 is 33.0 Å². The number of carbonyl (C=O) groups excluding carboxylic acids is 1. The number of benzene rings is 1. The monoisotopic (exact) mass is 426 g/mol. The zero-order valence-corrected chi connectivity index (χ0v) is 16.1. The third-order valence-corrected chi connectivity index (χ3v) is 4.83. The molecule has 1 atom stereocenters. The third-order valence-electron chi connectivity index (χ3n) is 4.83. The molecule has 3 rings (SSSR count).